The summed E-state index contributed by atoms with van der Waals surface area (Å²) in [6.07, 6.45) is 0.819. The van der Waals surface area contributed by atoms with Gasteiger partial charge in [-0.3, -0.25) is 9.52 Å². The fraction of sp³-hybridized carbons (Fsp3) is 0.235. The summed E-state index contributed by atoms with van der Waals surface area (Å²) in [4.78, 5) is 11.5. The summed E-state index contributed by atoms with van der Waals surface area (Å²) in [5, 5.41) is 3.26. The number of carbonyl (C=O) groups excluding carboxylic acids is 1. The number of ether oxygens (including phenoxy) is 1. The maximum atomic E-state index is 12.4. The fourth-order valence-corrected chi connectivity index (χ4v) is 3.47. The van der Waals surface area contributed by atoms with Crippen LogP contribution < -0.4 is 14.8 Å². The van der Waals surface area contributed by atoms with Crippen molar-refractivity contribution >= 4 is 44.8 Å². The van der Waals surface area contributed by atoms with Gasteiger partial charge in [0.2, 0.25) is 0 Å². The summed E-state index contributed by atoms with van der Waals surface area (Å²) in [6.45, 7) is 2.30. The van der Waals surface area contributed by atoms with Crippen LogP contribution in [0.3, 0.4) is 0 Å². The van der Waals surface area contributed by atoms with Crippen LogP contribution in [0.5, 0.6) is 5.75 Å². The van der Waals surface area contributed by atoms with E-state index in [1.165, 1.54) is 18.2 Å². The summed E-state index contributed by atoms with van der Waals surface area (Å²) in [5.74, 6) is -0.0484. The Morgan fingerprint density at radius 1 is 1.12 bits per heavy atom. The molecule has 0 unspecified atom stereocenters. The summed E-state index contributed by atoms with van der Waals surface area (Å²) in [7, 11) is -3.82. The maximum Gasteiger partial charge on any atom is 0.261 e. The number of anilines is 1. The number of halogens is 2. The number of carbonyl (C=O) groups is 1. The second kappa shape index (κ2) is 9.12. The lowest BCUT2D eigenvalue weighted by Crippen LogP contribution is -2.29. The van der Waals surface area contributed by atoms with Crippen LogP contribution in [-0.2, 0) is 14.8 Å². The quantitative estimate of drug-likeness (QED) is 0.686. The molecular weight excluding hydrogens is 399 g/mol. The number of sulfonamides is 1. The van der Waals surface area contributed by atoms with Gasteiger partial charge in [0.25, 0.3) is 15.9 Å². The third kappa shape index (κ3) is 5.79. The molecule has 0 aliphatic rings. The monoisotopic (exact) mass is 416 g/mol. The highest BCUT2D eigenvalue weighted by Crippen LogP contribution is 2.28. The molecule has 6 nitrogen and oxygen atoms in total. The van der Waals surface area contributed by atoms with E-state index in [0.717, 1.165) is 6.42 Å². The van der Waals surface area contributed by atoms with E-state index >= 15 is 0 Å². The molecule has 0 heterocycles. The van der Waals surface area contributed by atoms with Gasteiger partial charge in [-0.1, -0.05) is 30.1 Å². The predicted octanol–water partition coefficient (Wildman–Crippen LogP) is 3.70. The maximum absolute atomic E-state index is 12.4. The number of amides is 1. The first-order valence-corrected chi connectivity index (χ1v) is 10.0. The van der Waals surface area contributed by atoms with Crippen LogP contribution in [0.2, 0.25) is 10.0 Å². The zero-order chi connectivity index (χ0) is 19.2. The molecule has 0 radical (unpaired) electrons. The zero-order valence-electron chi connectivity index (χ0n) is 14.0. The Kier molecular flexibility index (Phi) is 7.14. The van der Waals surface area contributed by atoms with Crippen LogP contribution in [-0.4, -0.2) is 27.5 Å². The van der Waals surface area contributed by atoms with Crippen molar-refractivity contribution in [2.45, 2.75) is 18.2 Å². The lowest BCUT2D eigenvalue weighted by molar-refractivity contribution is -0.123. The largest absolute Gasteiger partial charge is 0.482 e. The molecule has 0 fully saturated rings. The smallest absolute Gasteiger partial charge is 0.261 e. The highest BCUT2D eigenvalue weighted by molar-refractivity contribution is 7.92. The minimum absolute atomic E-state index is 0.0276. The van der Waals surface area contributed by atoms with Crippen molar-refractivity contribution < 1.29 is 17.9 Å². The van der Waals surface area contributed by atoms with E-state index in [4.69, 9.17) is 27.9 Å². The topological polar surface area (TPSA) is 84.5 Å². The Bertz CT molecular complexity index is 871. The van der Waals surface area contributed by atoms with Crippen LogP contribution in [0.4, 0.5) is 5.69 Å². The van der Waals surface area contributed by atoms with E-state index < -0.39 is 10.0 Å². The van der Waals surface area contributed by atoms with Gasteiger partial charge in [-0.05, 0) is 48.9 Å². The van der Waals surface area contributed by atoms with Crippen molar-refractivity contribution in [3.05, 3.63) is 52.5 Å². The third-order valence-electron chi connectivity index (χ3n) is 3.24. The van der Waals surface area contributed by atoms with Crippen LogP contribution in [0, 0.1) is 0 Å². The molecule has 2 aromatic carbocycles. The van der Waals surface area contributed by atoms with Gasteiger partial charge in [-0.25, -0.2) is 8.42 Å². The Balaban J connectivity index is 2.07. The Labute approximate surface area is 162 Å². The molecule has 2 aromatic rings. The van der Waals surface area contributed by atoms with E-state index in [0.29, 0.717) is 17.3 Å². The van der Waals surface area contributed by atoms with E-state index in [-0.39, 0.29) is 28.2 Å². The van der Waals surface area contributed by atoms with Gasteiger partial charge in [0.15, 0.2) is 6.61 Å². The molecule has 0 spiro atoms. The SMILES string of the molecule is CCCNC(=O)COc1ccc(S(=O)(=O)Nc2ccc(Cl)cc2)cc1Cl. The standard InChI is InChI=1S/C17H18Cl2N2O4S/c1-2-9-20-17(22)11-25-16-8-7-14(10-15(16)19)26(23,24)21-13-5-3-12(18)4-6-13/h3-8,10,21H,2,9,11H2,1H3,(H,20,22). The highest BCUT2D eigenvalue weighted by atomic mass is 35.5. The van der Waals surface area contributed by atoms with Crippen LogP contribution in [0.1, 0.15) is 13.3 Å². The van der Waals surface area contributed by atoms with Crippen molar-refractivity contribution in [3.8, 4) is 5.75 Å². The normalized spacial score (nSPS) is 11.0. The molecule has 26 heavy (non-hydrogen) atoms. The second-order valence-corrected chi connectivity index (χ2v) is 7.87. The molecule has 2 N–H and O–H groups in total. The van der Waals surface area contributed by atoms with Gasteiger partial charge >= 0.3 is 0 Å². The van der Waals surface area contributed by atoms with Crippen LogP contribution >= 0.6 is 23.2 Å². The van der Waals surface area contributed by atoms with Crippen molar-refractivity contribution in [1.29, 1.82) is 0 Å². The average molecular weight is 417 g/mol. The lowest BCUT2D eigenvalue weighted by atomic mass is 10.3. The molecular formula is C17H18Cl2N2O4S. The van der Waals surface area contributed by atoms with Gasteiger partial charge in [-0.2, -0.15) is 0 Å². The van der Waals surface area contributed by atoms with E-state index in [1.54, 1.807) is 24.3 Å². The highest BCUT2D eigenvalue weighted by Gasteiger charge is 2.17. The summed E-state index contributed by atoms with van der Waals surface area (Å²) in [5.41, 5.74) is 0.374. The van der Waals surface area contributed by atoms with E-state index in [9.17, 15) is 13.2 Å². The predicted molar refractivity (Wildman–Crippen MR) is 103 cm³/mol. The Hall–Kier alpha value is -1.96. The van der Waals surface area contributed by atoms with Crippen LogP contribution in [0.25, 0.3) is 0 Å². The first kappa shape index (κ1) is 20.4. The summed E-state index contributed by atoms with van der Waals surface area (Å²) >= 11 is 11.9. The van der Waals surface area contributed by atoms with Gasteiger partial charge in [-0.15, -0.1) is 0 Å². The van der Waals surface area contributed by atoms with Crippen molar-refractivity contribution in [3.63, 3.8) is 0 Å². The summed E-state index contributed by atoms with van der Waals surface area (Å²) < 4.78 is 32.6. The van der Waals surface area contributed by atoms with E-state index in [2.05, 4.69) is 10.0 Å². The number of benzene rings is 2. The number of rotatable bonds is 8. The number of hydrogen-bond donors (Lipinski definition) is 2. The number of nitrogens with one attached hydrogen (secondary N) is 2. The molecule has 9 heteroatoms. The minimum atomic E-state index is -3.82. The van der Waals surface area contributed by atoms with Gasteiger partial charge in [0.05, 0.1) is 9.92 Å². The molecule has 0 atom stereocenters. The van der Waals surface area contributed by atoms with Gasteiger partial charge < -0.3 is 10.1 Å². The number of hydrogen-bond acceptors (Lipinski definition) is 4. The lowest BCUT2D eigenvalue weighted by Gasteiger charge is -2.11. The molecule has 0 aliphatic heterocycles. The molecule has 2 rings (SSSR count). The molecule has 0 saturated heterocycles. The van der Waals surface area contributed by atoms with Crippen molar-refractivity contribution in [1.82, 2.24) is 5.32 Å². The Morgan fingerprint density at radius 3 is 2.42 bits per heavy atom. The van der Waals surface area contributed by atoms with Crippen molar-refractivity contribution in [2.24, 2.45) is 0 Å². The van der Waals surface area contributed by atoms with Crippen LogP contribution in [0.15, 0.2) is 47.4 Å². The third-order valence-corrected chi connectivity index (χ3v) is 5.17. The molecule has 0 bridgehead atoms. The first-order chi connectivity index (χ1) is 12.3. The first-order valence-electron chi connectivity index (χ1n) is 7.79. The average Bonchev–Trinajstić information content (AvgIpc) is 2.60. The molecule has 0 aliphatic carbocycles. The minimum Gasteiger partial charge on any atom is -0.482 e. The molecule has 0 saturated carbocycles. The second-order valence-electron chi connectivity index (χ2n) is 5.34. The summed E-state index contributed by atoms with van der Waals surface area (Å²) in [6, 6.07) is 10.3. The molecule has 140 valence electrons. The van der Waals surface area contributed by atoms with Crippen molar-refractivity contribution in [2.75, 3.05) is 17.9 Å². The van der Waals surface area contributed by atoms with Gasteiger partial charge in [0.1, 0.15) is 5.75 Å². The molecule has 0 aromatic heterocycles. The van der Waals surface area contributed by atoms with Gasteiger partial charge in [0, 0.05) is 17.3 Å². The van der Waals surface area contributed by atoms with E-state index in [1.807, 2.05) is 6.92 Å². The zero-order valence-corrected chi connectivity index (χ0v) is 16.3. The fourth-order valence-electron chi connectivity index (χ4n) is 1.96. The Morgan fingerprint density at radius 2 is 1.81 bits per heavy atom. The molecule has 1 amide bonds.